The number of carbonyl (C=O) groups excluding carboxylic acids is 1. The van der Waals surface area contributed by atoms with Gasteiger partial charge in [0.05, 0.1) is 11.5 Å². The molecule has 2 N–H and O–H groups in total. The molecule has 3 aromatic rings. The van der Waals surface area contributed by atoms with Crippen LogP contribution in [0.2, 0.25) is 0 Å². The second kappa shape index (κ2) is 8.62. The van der Waals surface area contributed by atoms with E-state index < -0.39 is 0 Å². The number of hydrogen-bond acceptors (Lipinski definition) is 4. The van der Waals surface area contributed by atoms with E-state index in [4.69, 9.17) is 4.74 Å². The van der Waals surface area contributed by atoms with E-state index in [-0.39, 0.29) is 11.4 Å². The third-order valence-electron chi connectivity index (χ3n) is 4.89. The molecule has 1 atom stereocenters. The van der Waals surface area contributed by atoms with Crippen LogP contribution in [0.1, 0.15) is 25.0 Å². The molecule has 1 aliphatic heterocycles. The van der Waals surface area contributed by atoms with Gasteiger partial charge in [-0.3, -0.25) is 4.79 Å². The topological polar surface area (TPSA) is 50.4 Å². The van der Waals surface area contributed by atoms with Gasteiger partial charge in [0.2, 0.25) is 0 Å². The van der Waals surface area contributed by atoms with Crippen molar-refractivity contribution in [3.63, 3.8) is 0 Å². The number of carbonyl (C=O) groups is 1. The maximum Gasteiger partial charge on any atom is 0.260 e. The van der Waals surface area contributed by atoms with Crippen molar-refractivity contribution >= 4 is 40.2 Å². The van der Waals surface area contributed by atoms with Crippen LogP contribution in [0.4, 0.5) is 5.69 Å². The molecule has 1 saturated heterocycles. The Morgan fingerprint density at radius 2 is 1.79 bits per heavy atom. The largest absolute Gasteiger partial charge is 0.493 e. The molecule has 3 aromatic carbocycles. The molecule has 29 heavy (non-hydrogen) atoms. The molecule has 0 aromatic heterocycles. The molecule has 4 nitrogen and oxygen atoms in total. The third-order valence-corrected chi connectivity index (χ3v) is 5.92. The first kappa shape index (κ1) is 19.4. The smallest absolute Gasteiger partial charge is 0.260 e. The van der Waals surface area contributed by atoms with Gasteiger partial charge in [-0.15, -0.1) is 0 Å². The molecule has 1 heterocycles. The van der Waals surface area contributed by atoms with Crippen LogP contribution in [0, 0.1) is 0 Å². The van der Waals surface area contributed by atoms with Gasteiger partial charge in [-0.2, -0.15) is 0 Å². The predicted molar refractivity (Wildman–Crippen MR) is 122 cm³/mol. The van der Waals surface area contributed by atoms with Gasteiger partial charge in [0, 0.05) is 11.1 Å². The van der Waals surface area contributed by atoms with Gasteiger partial charge < -0.3 is 15.4 Å². The van der Waals surface area contributed by atoms with E-state index in [1.54, 1.807) is 0 Å². The lowest BCUT2D eigenvalue weighted by Gasteiger charge is -2.13. The number of fused-ring (bicyclic) bond motifs is 1. The maximum absolute atomic E-state index is 12.5. The van der Waals surface area contributed by atoms with Crippen LogP contribution >= 0.6 is 11.8 Å². The Morgan fingerprint density at radius 1 is 1.03 bits per heavy atom. The Bertz CT molecular complexity index is 1060. The highest BCUT2D eigenvalue weighted by atomic mass is 32.2. The van der Waals surface area contributed by atoms with E-state index >= 15 is 0 Å². The number of thioether (sulfide) groups is 1. The molecule has 0 bridgehead atoms. The molecule has 0 unspecified atom stereocenters. The summed E-state index contributed by atoms with van der Waals surface area (Å²) < 4.78 is 5.75. The number of anilines is 1. The van der Waals surface area contributed by atoms with Crippen LogP contribution < -0.4 is 15.4 Å². The molecule has 148 valence electrons. The van der Waals surface area contributed by atoms with Crippen LogP contribution in [-0.4, -0.2) is 18.0 Å². The highest BCUT2D eigenvalue weighted by Gasteiger charge is 2.27. The first-order valence-electron chi connectivity index (χ1n) is 9.87. The fourth-order valence-electron chi connectivity index (χ4n) is 3.40. The van der Waals surface area contributed by atoms with Gasteiger partial charge in [-0.1, -0.05) is 61.2 Å². The van der Waals surface area contributed by atoms with Gasteiger partial charge in [-0.05, 0) is 54.1 Å². The van der Waals surface area contributed by atoms with Crippen molar-refractivity contribution in [2.24, 2.45) is 0 Å². The van der Waals surface area contributed by atoms with Crippen molar-refractivity contribution in [3.05, 3.63) is 76.7 Å². The summed E-state index contributed by atoms with van der Waals surface area (Å²) >= 11 is 1.50. The van der Waals surface area contributed by atoms with E-state index in [0.29, 0.717) is 11.5 Å². The summed E-state index contributed by atoms with van der Waals surface area (Å²) in [5, 5.41) is 8.50. The minimum Gasteiger partial charge on any atom is -0.493 e. The van der Waals surface area contributed by atoms with Gasteiger partial charge in [0.25, 0.3) is 5.91 Å². The van der Waals surface area contributed by atoms with Crippen molar-refractivity contribution in [1.29, 1.82) is 0 Å². The highest BCUT2D eigenvalue weighted by Crippen LogP contribution is 2.34. The summed E-state index contributed by atoms with van der Waals surface area (Å²) in [5.41, 5.74) is 3.11. The third kappa shape index (κ3) is 4.25. The minimum absolute atomic E-state index is 0.0596. The van der Waals surface area contributed by atoms with Gasteiger partial charge in [0.1, 0.15) is 5.75 Å². The first-order valence-corrected chi connectivity index (χ1v) is 10.7. The quantitative estimate of drug-likeness (QED) is 0.540. The molecule has 4 rings (SSSR count). The zero-order valence-electron chi connectivity index (χ0n) is 16.6. The van der Waals surface area contributed by atoms with Crippen LogP contribution in [0.15, 0.2) is 65.6 Å². The number of amides is 1. The number of hydrogen-bond donors (Lipinski definition) is 2. The highest BCUT2D eigenvalue weighted by molar-refractivity contribution is 8.05. The molecular weight excluding hydrogens is 380 g/mol. The molecule has 1 aliphatic rings. The molecular formula is C24H24N2O2S. The molecule has 0 radical (unpaired) electrons. The second-order valence-corrected chi connectivity index (χ2v) is 7.95. The fourth-order valence-corrected chi connectivity index (χ4v) is 4.37. The van der Waals surface area contributed by atoms with E-state index in [0.717, 1.165) is 34.2 Å². The summed E-state index contributed by atoms with van der Waals surface area (Å²) in [4.78, 5) is 13.2. The summed E-state index contributed by atoms with van der Waals surface area (Å²) in [6.07, 6.45) is 2.97. The maximum atomic E-state index is 12.5. The summed E-state index contributed by atoms with van der Waals surface area (Å²) in [5.74, 6) is 0.805. The normalized spacial score (nSPS) is 17.5. The number of nitrogens with one attached hydrogen (secondary N) is 2. The molecule has 5 heteroatoms. The lowest BCUT2D eigenvalue weighted by atomic mass is 10.0. The van der Waals surface area contributed by atoms with Crippen LogP contribution in [0.3, 0.4) is 0 Å². The van der Waals surface area contributed by atoms with Crippen LogP contribution in [0.25, 0.3) is 16.8 Å². The SMILES string of the molecule is CCOc1ccc(/C=C2\S[C@H](Nc3ccc(CC)cc3)NC2=O)c2ccccc12. The molecule has 0 saturated carbocycles. The minimum atomic E-state index is -0.185. The fraction of sp³-hybridized carbons (Fsp3) is 0.208. The van der Waals surface area contributed by atoms with E-state index in [1.807, 2.05) is 49.4 Å². The van der Waals surface area contributed by atoms with Crippen molar-refractivity contribution in [3.8, 4) is 5.75 Å². The Labute approximate surface area is 175 Å². The average Bonchev–Trinajstić information content (AvgIpc) is 3.09. The Kier molecular flexibility index (Phi) is 5.76. The van der Waals surface area contributed by atoms with Crippen LogP contribution in [-0.2, 0) is 11.2 Å². The summed E-state index contributed by atoms with van der Waals surface area (Å²) in [6, 6.07) is 20.4. The van der Waals surface area contributed by atoms with Crippen molar-refractivity contribution in [2.45, 2.75) is 25.8 Å². The number of benzene rings is 3. The van der Waals surface area contributed by atoms with Crippen molar-refractivity contribution in [1.82, 2.24) is 5.32 Å². The second-order valence-electron chi connectivity index (χ2n) is 6.81. The Morgan fingerprint density at radius 3 is 2.52 bits per heavy atom. The summed E-state index contributed by atoms with van der Waals surface area (Å²) in [6.45, 7) is 4.74. The van der Waals surface area contributed by atoms with Gasteiger partial charge in [0.15, 0.2) is 5.50 Å². The van der Waals surface area contributed by atoms with Gasteiger partial charge in [-0.25, -0.2) is 0 Å². The standard InChI is InChI=1S/C24H24N2O2S/c1-3-16-9-12-18(13-10-16)25-24-26-23(27)22(29-24)15-17-11-14-21(28-4-2)20-8-6-5-7-19(17)20/h5-15,24-25H,3-4H2,1-2H3,(H,26,27)/b22-15-/t24-/m1/s1. The Balaban J connectivity index is 1.57. The van der Waals surface area contributed by atoms with E-state index in [9.17, 15) is 4.79 Å². The zero-order valence-corrected chi connectivity index (χ0v) is 17.4. The molecule has 0 aliphatic carbocycles. The van der Waals surface area contributed by atoms with Crippen LogP contribution in [0.5, 0.6) is 5.75 Å². The van der Waals surface area contributed by atoms with Crippen molar-refractivity contribution in [2.75, 3.05) is 11.9 Å². The lowest BCUT2D eigenvalue weighted by molar-refractivity contribution is -0.116. The molecule has 0 spiro atoms. The zero-order chi connectivity index (χ0) is 20.2. The molecule has 1 amide bonds. The number of ether oxygens (including phenoxy) is 1. The first-order chi connectivity index (χ1) is 14.2. The number of aryl methyl sites for hydroxylation is 1. The Hall–Kier alpha value is -2.92. The lowest BCUT2D eigenvalue weighted by Crippen LogP contribution is -2.30. The summed E-state index contributed by atoms with van der Waals surface area (Å²) in [7, 11) is 0. The van der Waals surface area contributed by atoms with Crippen molar-refractivity contribution < 1.29 is 9.53 Å². The van der Waals surface area contributed by atoms with Gasteiger partial charge >= 0.3 is 0 Å². The average molecular weight is 405 g/mol. The molecule has 1 fully saturated rings. The predicted octanol–water partition coefficient (Wildman–Crippen LogP) is 5.40. The van der Waals surface area contributed by atoms with E-state index in [2.05, 4.69) is 41.8 Å². The number of rotatable bonds is 6. The monoisotopic (exact) mass is 404 g/mol. The van der Waals surface area contributed by atoms with E-state index in [1.165, 1.54) is 17.3 Å².